The first-order chi connectivity index (χ1) is 9.27. The molecule has 0 aliphatic rings. The first kappa shape index (κ1) is 14.5. The summed E-state index contributed by atoms with van der Waals surface area (Å²) in [4.78, 5) is 13.5. The van der Waals surface area contributed by atoms with Crippen molar-refractivity contribution in [2.24, 2.45) is 0 Å². The van der Waals surface area contributed by atoms with Crippen molar-refractivity contribution in [2.75, 3.05) is 13.1 Å². The Bertz CT molecular complexity index is 490. The molecule has 1 amide bonds. The summed E-state index contributed by atoms with van der Waals surface area (Å²) in [5.41, 5.74) is 0.941. The molecule has 0 unspecified atom stereocenters. The van der Waals surface area contributed by atoms with E-state index in [0.717, 1.165) is 5.56 Å². The summed E-state index contributed by atoms with van der Waals surface area (Å²) < 4.78 is 0. The van der Waals surface area contributed by atoms with Crippen LogP contribution in [0, 0.1) is 22.7 Å². The van der Waals surface area contributed by atoms with Crippen molar-refractivity contribution in [3.63, 3.8) is 0 Å². The molecule has 0 bridgehead atoms. The van der Waals surface area contributed by atoms with Crippen molar-refractivity contribution < 1.29 is 4.79 Å². The summed E-state index contributed by atoms with van der Waals surface area (Å²) in [5, 5.41) is 17.1. The van der Waals surface area contributed by atoms with E-state index in [9.17, 15) is 4.79 Å². The molecule has 0 heterocycles. The fourth-order valence-corrected chi connectivity index (χ4v) is 1.54. The van der Waals surface area contributed by atoms with Crippen molar-refractivity contribution in [1.29, 1.82) is 10.5 Å². The number of hydrogen-bond donors (Lipinski definition) is 0. The Balaban J connectivity index is 2.63. The van der Waals surface area contributed by atoms with Crippen molar-refractivity contribution in [3.05, 3.63) is 42.0 Å². The Hall–Kier alpha value is -2.59. The fourth-order valence-electron chi connectivity index (χ4n) is 1.54. The summed E-state index contributed by atoms with van der Waals surface area (Å²) in [6.45, 7) is 0.715. The van der Waals surface area contributed by atoms with Gasteiger partial charge in [-0.25, -0.2) is 0 Å². The second-order valence-electron chi connectivity index (χ2n) is 3.89. The van der Waals surface area contributed by atoms with Gasteiger partial charge in [-0.15, -0.1) is 0 Å². The molecule has 1 aromatic rings. The summed E-state index contributed by atoms with van der Waals surface area (Å²) in [6.07, 6.45) is 3.75. The number of amides is 1. The minimum absolute atomic E-state index is 0.172. The molecule has 0 saturated carbocycles. The molecule has 19 heavy (non-hydrogen) atoms. The van der Waals surface area contributed by atoms with Gasteiger partial charge in [0.2, 0.25) is 5.91 Å². The molecular formula is C15H15N3O. The lowest BCUT2D eigenvalue weighted by atomic mass is 10.2. The van der Waals surface area contributed by atoms with Crippen molar-refractivity contribution in [3.8, 4) is 12.1 Å². The van der Waals surface area contributed by atoms with E-state index in [1.807, 2.05) is 42.5 Å². The number of nitrogens with zero attached hydrogens (tertiary/aromatic N) is 3. The highest BCUT2D eigenvalue weighted by atomic mass is 16.2. The number of carbonyl (C=O) groups excluding carboxylic acids is 1. The zero-order chi connectivity index (χ0) is 13.9. The summed E-state index contributed by atoms with van der Waals surface area (Å²) in [5.74, 6) is -0.172. The molecule has 0 aromatic heterocycles. The number of carbonyl (C=O) groups is 1. The van der Waals surface area contributed by atoms with Crippen LogP contribution in [0.4, 0.5) is 0 Å². The molecule has 4 heteroatoms. The predicted octanol–water partition coefficient (Wildman–Crippen LogP) is 2.36. The van der Waals surface area contributed by atoms with Gasteiger partial charge in [0.25, 0.3) is 0 Å². The van der Waals surface area contributed by atoms with Crippen LogP contribution in [0.5, 0.6) is 0 Å². The first-order valence-electron chi connectivity index (χ1n) is 6.04. The van der Waals surface area contributed by atoms with Crippen LogP contribution < -0.4 is 0 Å². The average molecular weight is 253 g/mol. The Morgan fingerprint density at radius 2 is 1.68 bits per heavy atom. The van der Waals surface area contributed by atoms with Gasteiger partial charge in [0.1, 0.15) is 0 Å². The smallest absolute Gasteiger partial charge is 0.246 e. The molecule has 0 aliphatic carbocycles. The van der Waals surface area contributed by atoms with Crippen LogP contribution in [-0.2, 0) is 4.79 Å². The normalized spacial score (nSPS) is 9.79. The second kappa shape index (κ2) is 8.49. The van der Waals surface area contributed by atoms with Crippen molar-refractivity contribution in [1.82, 2.24) is 4.90 Å². The van der Waals surface area contributed by atoms with Gasteiger partial charge >= 0.3 is 0 Å². The van der Waals surface area contributed by atoms with Gasteiger partial charge in [-0.1, -0.05) is 30.3 Å². The Kier molecular flexibility index (Phi) is 6.47. The minimum Gasteiger partial charge on any atom is -0.337 e. The topological polar surface area (TPSA) is 67.9 Å². The van der Waals surface area contributed by atoms with E-state index >= 15 is 0 Å². The standard InChI is InChI=1S/C15H15N3O/c16-10-4-12-18(13-5-11-17)15(19)9-8-14-6-2-1-3-7-14/h1-3,6-9H,4-5,12-13H2. The maximum absolute atomic E-state index is 11.9. The number of benzene rings is 1. The van der Waals surface area contributed by atoms with Gasteiger partial charge < -0.3 is 4.90 Å². The van der Waals surface area contributed by atoms with Crippen LogP contribution >= 0.6 is 0 Å². The molecule has 0 saturated heterocycles. The predicted molar refractivity (Wildman–Crippen MR) is 72.5 cm³/mol. The summed E-state index contributed by atoms with van der Waals surface area (Å²) in [7, 11) is 0. The lowest BCUT2D eigenvalue weighted by Gasteiger charge is -2.18. The van der Waals surface area contributed by atoms with E-state index in [2.05, 4.69) is 0 Å². The maximum Gasteiger partial charge on any atom is 0.246 e. The Labute approximate surface area is 113 Å². The highest BCUT2D eigenvalue weighted by Crippen LogP contribution is 2.03. The third kappa shape index (κ3) is 5.52. The van der Waals surface area contributed by atoms with E-state index in [-0.39, 0.29) is 18.7 Å². The van der Waals surface area contributed by atoms with Crippen LogP contribution in [0.15, 0.2) is 36.4 Å². The van der Waals surface area contributed by atoms with E-state index in [1.54, 1.807) is 6.08 Å². The quantitative estimate of drug-likeness (QED) is 0.731. The monoisotopic (exact) mass is 253 g/mol. The van der Waals surface area contributed by atoms with E-state index < -0.39 is 0 Å². The van der Waals surface area contributed by atoms with Gasteiger partial charge in [-0.05, 0) is 11.6 Å². The van der Waals surface area contributed by atoms with Gasteiger partial charge in [0.05, 0.1) is 25.0 Å². The van der Waals surface area contributed by atoms with E-state index in [4.69, 9.17) is 10.5 Å². The molecule has 4 nitrogen and oxygen atoms in total. The average Bonchev–Trinajstić information content (AvgIpc) is 2.46. The number of nitriles is 2. The van der Waals surface area contributed by atoms with Crippen molar-refractivity contribution >= 4 is 12.0 Å². The molecule has 0 radical (unpaired) electrons. The van der Waals surface area contributed by atoms with Crippen LogP contribution in [0.1, 0.15) is 18.4 Å². The lowest BCUT2D eigenvalue weighted by Crippen LogP contribution is -2.31. The van der Waals surface area contributed by atoms with Gasteiger partial charge in [0.15, 0.2) is 0 Å². The molecule has 0 N–H and O–H groups in total. The SMILES string of the molecule is N#CCCN(CCC#N)C(=O)C=Cc1ccccc1. The minimum atomic E-state index is -0.172. The number of rotatable bonds is 6. The van der Waals surface area contributed by atoms with Crippen LogP contribution in [0.3, 0.4) is 0 Å². The highest BCUT2D eigenvalue weighted by Gasteiger charge is 2.09. The fraction of sp³-hybridized carbons (Fsp3) is 0.267. The summed E-state index contributed by atoms with van der Waals surface area (Å²) >= 11 is 0. The number of hydrogen-bond acceptors (Lipinski definition) is 3. The molecule has 1 rings (SSSR count). The molecule has 0 fully saturated rings. The lowest BCUT2D eigenvalue weighted by molar-refractivity contribution is -0.125. The van der Waals surface area contributed by atoms with E-state index in [0.29, 0.717) is 13.1 Å². The Morgan fingerprint density at radius 1 is 1.11 bits per heavy atom. The van der Waals surface area contributed by atoms with Crippen LogP contribution in [0.2, 0.25) is 0 Å². The highest BCUT2D eigenvalue weighted by molar-refractivity contribution is 5.91. The molecule has 0 spiro atoms. The first-order valence-corrected chi connectivity index (χ1v) is 6.04. The largest absolute Gasteiger partial charge is 0.337 e. The van der Waals surface area contributed by atoms with Crippen LogP contribution in [-0.4, -0.2) is 23.9 Å². The summed E-state index contributed by atoms with van der Waals surface area (Å²) in [6, 6.07) is 13.5. The zero-order valence-electron chi connectivity index (χ0n) is 10.6. The third-order valence-electron chi connectivity index (χ3n) is 2.52. The molecule has 0 atom stereocenters. The second-order valence-corrected chi connectivity index (χ2v) is 3.89. The molecule has 1 aromatic carbocycles. The zero-order valence-corrected chi connectivity index (χ0v) is 10.6. The molecule has 0 aliphatic heterocycles. The van der Waals surface area contributed by atoms with E-state index in [1.165, 1.54) is 11.0 Å². The third-order valence-corrected chi connectivity index (χ3v) is 2.52. The maximum atomic E-state index is 11.9. The Morgan fingerprint density at radius 3 is 2.21 bits per heavy atom. The van der Waals surface area contributed by atoms with Gasteiger partial charge in [-0.3, -0.25) is 4.79 Å². The van der Waals surface area contributed by atoms with Crippen molar-refractivity contribution in [2.45, 2.75) is 12.8 Å². The van der Waals surface area contributed by atoms with Gasteiger partial charge in [0, 0.05) is 19.2 Å². The molecular weight excluding hydrogens is 238 g/mol. The van der Waals surface area contributed by atoms with Crippen LogP contribution in [0.25, 0.3) is 6.08 Å². The van der Waals surface area contributed by atoms with Gasteiger partial charge in [-0.2, -0.15) is 10.5 Å². The molecule has 96 valence electrons.